The number of likely N-dealkylation sites (N-methyl/N-ethyl adjacent to an activating group) is 1. The van der Waals surface area contributed by atoms with Crippen molar-refractivity contribution in [3.8, 4) is 0 Å². The minimum Gasteiger partial charge on any atom is -0.478 e. The molecular formula is C20H21ClN4O2. The van der Waals surface area contributed by atoms with Gasteiger partial charge in [0.1, 0.15) is 0 Å². The highest BCUT2D eigenvalue weighted by Gasteiger charge is 2.21. The molecule has 3 aromatic rings. The normalized spacial score (nSPS) is 15.4. The van der Waals surface area contributed by atoms with Crippen LogP contribution < -0.4 is 4.90 Å². The summed E-state index contributed by atoms with van der Waals surface area (Å²) < 4.78 is 2.16. The lowest BCUT2D eigenvalue weighted by atomic mass is 10.2. The number of rotatable bonds is 4. The quantitative estimate of drug-likeness (QED) is 0.748. The van der Waals surface area contributed by atoms with E-state index in [1.165, 1.54) is 0 Å². The van der Waals surface area contributed by atoms with E-state index >= 15 is 0 Å². The molecular weight excluding hydrogens is 364 g/mol. The standard InChI is InChI=1S/C20H21ClN4O2/c1-23-8-10-24(11-9-23)20-22-17-12-15(19(26)27)4-7-18(17)25(20)13-14-2-5-16(21)6-3-14/h2-7,12H,8-11,13H2,1H3,(H,26,27). The largest absolute Gasteiger partial charge is 0.478 e. The van der Waals surface area contributed by atoms with Gasteiger partial charge in [-0.3, -0.25) is 0 Å². The van der Waals surface area contributed by atoms with Crippen molar-refractivity contribution < 1.29 is 9.90 Å². The maximum Gasteiger partial charge on any atom is 0.335 e. The number of hydrogen-bond donors (Lipinski definition) is 1. The third kappa shape index (κ3) is 3.63. The number of carboxylic acid groups (broad SMARTS) is 1. The van der Waals surface area contributed by atoms with E-state index in [0.717, 1.165) is 43.2 Å². The molecule has 1 fully saturated rings. The first-order valence-corrected chi connectivity index (χ1v) is 9.30. The number of fused-ring (bicyclic) bond motifs is 1. The Bertz CT molecular complexity index is 976. The number of hydrogen-bond acceptors (Lipinski definition) is 4. The van der Waals surface area contributed by atoms with Crippen LogP contribution in [0.25, 0.3) is 11.0 Å². The van der Waals surface area contributed by atoms with Crippen molar-refractivity contribution in [2.45, 2.75) is 6.54 Å². The van der Waals surface area contributed by atoms with Crippen LogP contribution in [0.2, 0.25) is 5.02 Å². The van der Waals surface area contributed by atoms with Crippen LogP contribution >= 0.6 is 11.6 Å². The van der Waals surface area contributed by atoms with E-state index in [1.807, 2.05) is 30.3 Å². The van der Waals surface area contributed by atoms with E-state index < -0.39 is 5.97 Å². The van der Waals surface area contributed by atoms with Crippen molar-refractivity contribution in [1.29, 1.82) is 0 Å². The van der Waals surface area contributed by atoms with E-state index in [9.17, 15) is 9.90 Å². The van der Waals surface area contributed by atoms with Crippen LogP contribution in [0.1, 0.15) is 15.9 Å². The summed E-state index contributed by atoms with van der Waals surface area (Å²) in [6, 6.07) is 12.9. The van der Waals surface area contributed by atoms with Gasteiger partial charge in [0.25, 0.3) is 0 Å². The van der Waals surface area contributed by atoms with Gasteiger partial charge in [-0.25, -0.2) is 9.78 Å². The van der Waals surface area contributed by atoms with Gasteiger partial charge in [0.2, 0.25) is 5.95 Å². The van der Waals surface area contributed by atoms with Crippen LogP contribution in [0.5, 0.6) is 0 Å². The molecule has 1 N–H and O–H groups in total. The van der Waals surface area contributed by atoms with Crippen molar-refractivity contribution >= 4 is 34.6 Å². The lowest BCUT2D eigenvalue weighted by Crippen LogP contribution is -2.45. The van der Waals surface area contributed by atoms with Gasteiger partial charge >= 0.3 is 5.97 Å². The van der Waals surface area contributed by atoms with Gasteiger partial charge in [-0.05, 0) is 42.9 Å². The molecule has 0 unspecified atom stereocenters. The number of carboxylic acids is 1. The molecule has 4 rings (SSSR count). The van der Waals surface area contributed by atoms with Crippen molar-refractivity contribution in [2.24, 2.45) is 0 Å². The Morgan fingerprint density at radius 3 is 2.48 bits per heavy atom. The summed E-state index contributed by atoms with van der Waals surface area (Å²) in [6.45, 7) is 4.40. The van der Waals surface area contributed by atoms with Crippen LogP contribution in [0.15, 0.2) is 42.5 Å². The molecule has 0 spiro atoms. The summed E-state index contributed by atoms with van der Waals surface area (Å²) in [4.78, 5) is 20.7. The number of carbonyl (C=O) groups is 1. The maximum absolute atomic E-state index is 11.3. The average molecular weight is 385 g/mol. The zero-order valence-electron chi connectivity index (χ0n) is 15.1. The molecule has 2 heterocycles. The molecule has 1 aromatic heterocycles. The second-order valence-electron chi connectivity index (χ2n) is 6.92. The lowest BCUT2D eigenvalue weighted by molar-refractivity contribution is 0.0697. The molecule has 1 aliphatic rings. The van der Waals surface area contributed by atoms with Gasteiger partial charge in [-0.2, -0.15) is 0 Å². The monoisotopic (exact) mass is 384 g/mol. The minimum atomic E-state index is -0.940. The molecule has 0 aliphatic carbocycles. The van der Waals surface area contributed by atoms with Crippen molar-refractivity contribution in [3.63, 3.8) is 0 Å². The number of aromatic carboxylic acids is 1. The van der Waals surface area contributed by atoms with E-state index in [0.29, 0.717) is 17.1 Å². The van der Waals surface area contributed by atoms with Crippen LogP contribution in [0, 0.1) is 0 Å². The fourth-order valence-corrected chi connectivity index (χ4v) is 3.55. The number of nitrogens with zero attached hydrogens (tertiary/aromatic N) is 4. The van der Waals surface area contributed by atoms with Crippen LogP contribution in [0.4, 0.5) is 5.95 Å². The summed E-state index contributed by atoms with van der Waals surface area (Å²) in [5.41, 5.74) is 3.02. The third-order valence-corrected chi connectivity index (χ3v) is 5.27. The van der Waals surface area contributed by atoms with E-state index in [4.69, 9.17) is 16.6 Å². The molecule has 6 nitrogen and oxygen atoms in total. The number of imidazole rings is 1. The Kier molecular flexibility index (Phi) is 4.76. The Labute approximate surface area is 162 Å². The molecule has 7 heteroatoms. The van der Waals surface area contributed by atoms with E-state index in [-0.39, 0.29) is 5.56 Å². The number of anilines is 1. The number of piperazine rings is 1. The molecule has 2 aromatic carbocycles. The first-order chi connectivity index (χ1) is 13.0. The van der Waals surface area contributed by atoms with Crippen molar-refractivity contribution in [3.05, 3.63) is 58.6 Å². The van der Waals surface area contributed by atoms with Crippen molar-refractivity contribution in [2.75, 3.05) is 38.1 Å². The predicted octanol–water partition coefficient (Wildman–Crippen LogP) is 3.19. The first-order valence-electron chi connectivity index (χ1n) is 8.93. The average Bonchev–Trinajstić information content (AvgIpc) is 3.02. The summed E-state index contributed by atoms with van der Waals surface area (Å²) in [5.74, 6) is -0.0547. The summed E-state index contributed by atoms with van der Waals surface area (Å²) in [5, 5.41) is 10.0. The predicted molar refractivity (Wildman–Crippen MR) is 107 cm³/mol. The van der Waals surface area contributed by atoms with Gasteiger partial charge in [-0.1, -0.05) is 23.7 Å². The van der Waals surface area contributed by atoms with Gasteiger partial charge in [-0.15, -0.1) is 0 Å². The van der Waals surface area contributed by atoms with Gasteiger partial charge in [0.05, 0.1) is 23.1 Å². The number of halogens is 1. The lowest BCUT2D eigenvalue weighted by Gasteiger charge is -2.33. The highest BCUT2D eigenvalue weighted by Crippen LogP contribution is 2.26. The molecule has 0 saturated carbocycles. The molecule has 1 saturated heterocycles. The smallest absolute Gasteiger partial charge is 0.335 e. The third-order valence-electron chi connectivity index (χ3n) is 5.02. The van der Waals surface area contributed by atoms with Crippen molar-refractivity contribution in [1.82, 2.24) is 14.5 Å². The zero-order chi connectivity index (χ0) is 19.0. The SMILES string of the molecule is CN1CCN(c2nc3cc(C(=O)O)ccc3n2Cc2ccc(Cl)cc2)CC1. The Balaban J connectivity index is 1.78. The van der Waals surface area contributed by atoms with Crippen LogP contribution in [-0.4, -0.2) is 58.8 Å². The maximum atomic E-state index is 11.3. The fraction of sp³-hybridized carbons (Fsp3) is 0.300. The van der Waals surface area contributed by atoms with Crippen LogP contribution in [-0.2, 0) is 6.54 Å². The second kappa shape index (κ2) is 7.21. The molecule has 27 heavy (non-hydrogen) atoms. The van der Waals surface area contributed by atoms with Gasteiger partial charge < -0.3 is 19.5 Å². The Morgan fingerprint density at radius 2 is 1.81 bits per heavy atom. The molecule has 0 atom stereocenters. The summed E-state index contributed by atoms with van der Waals surface area (Å²) in [6.07, 6.45) is 0. The summed E-state index contributed by atoms with van der Waals surface area (Å²) >= 11 is 6.01. The first kappa shape index (κ1) is 17.8. The Morgan fingerprint density at radius 1 is 1.11 bits per heavy atom. The highest BCUT2D eigenvalue weighted by atomic mass is 35.5. The van der Waals surface area contributed by atoms with Crippen LogP contribution in [0.3, 0.4) is 0 Å². The second-order valence-corrected chi connectivity index (χ2v) is 7.36. The number of aromatic nitrogens is 2. The Hall–Kier alpha value is -2.57. The van der Waals surface area contributed by atoms with E-state index in [2.05, 4.69) is 21.4 Å². The van der Waals surface area contributed by atoms with Gasteiger partial charge in [0.15, 0.2) is 0 Å². The summed E-state index contributed by atoms with van der Waals surface area (Å²) in [7, 11) is 2.12. The number of benzene rings is 2. The zero-order valence-corrected chi connectivity index (χ0v) is 15.9. The molecule has 1 aliphatic heterocycles. The molecule has 0 bridgehead atoms. The minimum absolute atomic E-state index is 0.253. The molecule has 140 valence electrons. The fourth-order valence-electron chi connectivity index (χ4n) is 3.43. The van der Waals surface area contributed by atoms with E-state index in [1.54, 1.807) is 12.1 Å². The highest BCUT2D eigenvalue weighted by molar-refractivity contribution is 6.30. The van der Waals surface area contributed by atoms with Gasteiger partial charge in [0, 0.05) is 31.2 Å². The topological polar surface area (TPSA) is 61.6 Å². The molecule has 0 radical (unpaired) electrons. The molecule has 0 amide bonds.